The van der Waals surface area contributed by atoms with Gasteiger partial charge in [-0.1, -0.05) is 44.2 Å². The van der Waals surface area contributed by atoms with Crippen LogP contribution < -0.4 is 10.2 Å². The van der Waals surface area contributed by atoms with Gasteiger partial charge >= 0.3 is 5.97 Å². The van der Waals surface area contributed by atoms with Crippen molar-refractivity contribution in [2.45, 2.75) is 32.6 Å². The molecule has 0 amide bonds. The second-order valence-electron chi connectivity index (χ2n) is 7.36. The number of aromatic hydroxyl groups is 1. The molecule has 0 aliphatic carbocycles. The molecule has 5 heteroatoms. The first-order chi connectivity index (χ1) is 13.0. The van der Waals surface area contributed by atoms with Gasteiger partial charge in [0.05, 0.1) is 12.0 Å². The van der Waals surface area contributed by atoms with Crippen molar-refractivity contribution in [2.24, 2.45) is 5.92 Å². The zero-order chi connectivity index (χ0) is 19.1. The van der Waals surface area contributed by atoms with E-state index in [1.807, 2.05) is 30.3 Å². The Morgan fingerprint density at radius 2 is 1.93 bits per heavy atom. The minimum atomic E-state index is -0.338. The molecule has 0 spiro atoms. The Morgan fingerprint density at radius 1 is 1.19 bits per heavy atom. The van der Waals surface area contributed by atoms with E-state index < -0.39 is 0 Å². The van der Waals surface area contributed by atoms with Crippen molar-refractivity contribution >= 4 is 16.9 Å². The Labute approximate surface area is 156 Å². The lowest BCUT2D eigenvalue weighted by atomic mass is 9.84. The monoisotopic (exact) mass is 364 g/mol. The molecule has 3 aromatic rings. The molecule has 0 saturated heterocycles. The van der Waals surface area contributed by atoms with Crippen LogP contribution in [0.3, 0.4) is 0 Å². The SMILES string of the molecule is CC(C)CC1CC(=O)Oc2cc(O)c3c(=O)c(-c4ccccc4)coc3c21. The number of phenols is 1. The number of fused-ring (bicyclic) bond motifs is 3. The van der Waals surface area contributed by atoms with Crippen LogP contribution in [0.5, 0.6) is 11.5 Å². The number of carbonyl (C=O) groups excluding carboxylic acids is 1. The lowest BCUT2D eigenvalue weighted by Gasteiger charge is -2.26. The maximum absolute atomic E-state index is 13.1. The molecule has 27 heavy (non-hydrogen) atoms. The van der Waals surface area contributed by atoms with Gasteiger partial charge in [0.15, 0.2) is 0 Å². The molecule has 1 N–H and O–H groups in total. The van der Waals surface area contributed by atoms with Crippen molar-refractivity contribution in [1.82, 2.24) is 0 Å². The normalized spacial score (nSPS) is 16.4. The maximum Gasteiger partial charge on any atom is 0.311 e. The minimum Gasteiger partial charge on any atom is -0.507 e. The maximum atomic E-state index is 13.1. The highest BCUT2D eigenvalue weighted by Crippen LogP contribution is 2.45. The van der Waals surface area contributed by atoms with E-state index in [4.69, 9.17) is 9.15 Å². The third-order valence-electron chi connectivity index (χ3n) is 4.91. The van der Waals surface area contributed by atoms with E-state index >= 15 is 0 Å². The van der Waals surface area contributed by atoms with Crippen LogP contribution >= 0.6 is 0 Å². The Balaban J connectivity index is 1.99. The van der Waals surface area contributed by atoms with E-state index in [1.165, 1.54) is 12.3 Å². The number of ether oxygens (including phenoxy) is 1. The van der Waals surface area contributed by atoms with E-state index in [1.54, 1.807) is 0 Å². The summed E-state index contributed by atoms with van der Waals surface area (Å²) in [5, 5.41) is 10.6. The van der Waals surface area contributed by atoms with E-state index in [2.05, 4.69) is 13.8 Å². The Kier molecular flexibility index (Phi) is 4.22. The van der Waals surface area contributed by atoms with Gasteiger partial charge in [0.2, 0.25) is 5.43 Å². The molecule has 0 fully saturated rings. The second kappa shape index (κ2) is 6.58. The first-order valence-corrected chi connectivity index (χ1v) is 9.03. The van der Waals surface area contributed by atoms with Gasteiger partial charge in [-0.3, -0.25) is 9.59 Å². The van der Waals surface area contributed by atoms with Crippen molar-refractivity contribution in [1.29, 1.82) is 0 Å². The largest absolute Gasteiger partial charge is 0.507 e. The minimum absolute atomic E-state index is 0.116. The van der Waals surface area contributed by atoms with E-state index in [9.17, 15) is 14.7 Å². The lowest BCUT2D eigenvalue weighted by Crippen LogP contribution is -2.22. The Hall–Kier alpha value is -3.08. The van der Waals surface area contributed by atoms with Gasteiger partial charge in [-0.15, -0.1) is 0 Å². The zero-order valence-electron chi connectivity index (χ0n) is 15.2. The Bertz CT molecular complexity index is 1080. The number of hydrogen-bond acceptors (Lipinski definition) is 5. The molecule has 5 nitrogen and oxygen atoms in total. The zero-order valence-corrected chi connectivity index (χ0v) is 15.2. The summed E-state index contributed by atoms with van der Waals surface area (Å²) in [5.74, 6) is -0.0658. The number of phenolic OH excluding ortho intramolecular Hbond substituents is 1. The van der Waals surface area contributed by atoms with Gasteiger partial charge in [0.25, 0.3) is 0 Å². The number of rotatable bonds is 3. The van der Waals surface area contributed by atoms with Crippen LogP contribution in [0.1, 0.15) is 38.2 Å². The number of esters is 1. The molecule has 2 heterocycles. The van der Waals surface area contributed by atoms with Crippen LogP contribution in [0.25, 0.3) is 22.1 Å². The highest BCUT2D eigenvalue weighted by molar-refractivity contribution is 5.93. The quantitative estimate of drug-likeness (QED) is 0.543. The molecular formula is C22H20O5. The van der Waals surface area contributed by atoms with Crippen LogP contribution in [0.4, 0.5) is 0 Å². The van der Waals surface area contributed by atoms with Gasteiger partial charge < -0.3 is 14.3 Å². The topological polar surface area (TPSA) is 76.7 Å². The second-order valence-corrected chi connectivity index (χ2v) is 7.36. The van der Waals surface area contributed by atoms with Gasteiger partial charge in [-0.2, -0.15) is 0 Å². The van der Waals surface area contributed by atoms with Crippen LogP contribution in [0.2, 0.25) is 0 Å². The molecule has 2 aromatic carbocycles. The standard InChI is InChI=1S/C22H20O5/c1-12(2)8-14-9-18(24)27-17-10-16(23)20-21(25)15(11-26-22(20)19(14)17)13-6-4-3-5-7-13/h3-7,10-12,14,23H,8-9H2,1-2H3. The van der Waals surface area contributed by atoms with Gasteiger partial charge in [0, 0.05) is 17.5 Å². The van der Waals surface area contributed by atoms with Crippen LogP contribution in [0, 0.1) is 5.92 Å². The van der Waals surface area contributed by atoms with Crippen molar-refractivity contribution in [2.75, 3.05) is 0 Å². The molecule has 1 aromatic heterocycles. The smallest absolute Gasteiger partial charge is 0.311 e. The molecule has 1 unspecified atom stereocenters. The Morgan fingerprint density at radius 3 is 2.63 bits per heavy atom. The molecule has 1 aliphatic rings. The fourth-order valence-electron chi connectivity index (χ4n) is 3.81. The summed E-state index contributed by atoms with van der Waals surface area (Å²) >= 11 is 0. The molecular weight excluding hydrogens is 344 g/mol. The predicted molar refractivity (Wildman–Crippen MR) is 102 cm³/mol. The number of carbonyl (C=O) groups is 1. The molecule has 0 radical (unpaired) electrons. The molecule has 4 rings (SSSR count). The molecule has 0 saturated carbocycles. The van der Waals surface area contributed by atoms with Crippen LogP contribution in [0.15, 0.2) is 51.9 Å². The van der Waals surface area contributed by atoms with Crippen LogP contribution in [-0.4, -0.2) is 11.1 Å². The van der Waals surface area contributed by atoms with Crippen LogP contribution in [-0.2, 0) is 4.79 Å². The third-order valence-corrected chi connectivity index (χ3v) is 4.91. The molecule has 1 atom stereocenters. The third kappa shape index (κ3) is 2.99. The average molecular weight is 364 g/mol. The van der Waals surface area contributed by atoms with Crippen molar-refractivity contribution < 1.29 is 19.1 Å². The number of benzene rings is 2. The summed E-state index contributed by atoms with van der Waals surface area (Å²) in [5.41, 5.74) is 1.78. The molecule has 138 valence electrons. The summed E-state index contributed by atoms with van der Waals surface area (Å²) in [7, 11) is 0. The fourth-order valence-corrected chi connectivity index (χ4v) is 3.81. The summed E-state index contributed by atoms with van der Waals surface area (Å²) < 4.78 is 11.2. The van der Waals surface area contributed by atoms with Crippen molar-refractivity contribution in [3.8, 4) is 22.6 Å². The van der Waals surface area contributed by atoms with Gasteiger partial charge in [0.1, 0.15) is 28.7 Å². The van der Waals surface area contributed by atoms with Gasteiger partial charge in [-0.05, 0) is 17.9 Å². The molecule has 1 aliphatic heterocycles. The summed E-state index contributed by atoms with van der Waals surface area (Å²) in [6.07, 6.45) is 2.41. The van der Waals surface area contributed by atoms with Crippen molar-refractivity contribution in [3.05, 3.63) is 58.4 Å². The van der Waals surface area contributed by atoms with Gasteiger partial charge in [-0.25, -0.2) is 0 Å². The lowest BCUT2D eigenvalue weighted by molar-refractivity contribution is -0.136. The highest BCUT2D eigenvalue weighted by atomic mass is 16.5. The molecule has 0 bridgehead atoms. The highest BCUT2D eigenvalue weighted by Gasteiger charge is 2.32. The van der Waals surface area contributed by atoms with E-state index in [-0.39, 0.29) is 40.6 Å². The van der Waals surface area contributed by atoms with Crippen molar-refractivity contribution in [3.63, 3.8) is 0 Å². The van der Waals surface area contributed by atoms with E-state index in [0.717, 1.165) is 12.0 Å². The predicted octanol–water partition coefficient (Wildman–Crippen LogP) is 4.60. The fraction of sp³-hybridized carbons (Fsp3) is 0.273. The summed E-state index contributed by atoms with van der Waals surface area (Å²) in [6.45, 7) is 4.15. The first-order valence-electron chi connectivity index (χ1n) is 9.03. The average Bonchev–Trinajstić information content (AvgIpc) is 2.61. The van der Waals surface area contributed by atoms with E-state index in [0.29, 0.717) is 22.6 Å². The summed E-state index contributed by atoms with van der Waals surface area (Å²) in [4.78, 5) is 25.1. The summed E-state index contributed by atoms with van der Waals surface area (Å²) in [6, 6.07) is 10.5. The first kappa shape index (κ1) is 17.3. The number of hydrogen-bond donors (Lipinski definition) is 1.